The Kier molecular flexibility index (Phi) is 7.15. The Balaban J connectivity index is 1.55. The number of hydrogen-bond donors (Lipinski definition) is 1. The van der Waals surface area contributed by atoms with Gasteiger partial charge in [-0.15, -0.1) is 11.3 Å². The van der Waals surface area contributed by atoms with Gasteiger partial charge in [-0.1, -0.05) is 0 Å². The average molecular weight is 503 g/mol. The number of sulfonamides is 1. The molecule has 1 N–H and O–H groups in total. The zero-order chi connectivity index (χ0) is 24.3. The van der Waals surface area contributed by atoms with Crippen molar-refractivity contribution in [2.45, 2.75) is 44.6 Å². The molecule has 0 bridgehead atoms. The third kappa shape index (κ3) is 5.72. The van der Waals surface area contributed by atoms with Crippen molar-refractivity contribution in [3.05, 3.63) is 53.0 Å². The average Bonchev–Trinajstić information content (AvgIpc) is 3.46. The fraction of sp³-hybridized carbons (Fsp3) is 0.348. The number of anilines is 1. The van der Waals surface area contributed by atoms with E-state index in [-0.39, 0.29) is 28.7 Å². The molecule has 1 aliphatic heterocycles. The predicted octanol–water partition coefficient (Wildman–Crippen LogP) is 4.46. The van der Waals surface area contributed by atoms with Gasteiger partial charge in [0, 0.05) is 30.6 Å². The summed E-state index contributed by atoms with van der Waals surface area (Å²) in [6.45, 7) is 6.64. The summed E-state index contributed by atoms with van der Waals surface area (Å²) in [5, 5.41) is 5.09. The molecule has 180 valence electrons. The second-order valence-corrected chi connectivity index (χ2v) is 10.9. The van der Waals surface area contributed by atoms with Crippen LogP contribution in [0.1, 0.15) is 42.7 Å². The van der Waals surface area contributed by atoms with E-state index in [4.69, 9.17) is 9.47 Å². The van der Waals surface area contributed by atoms with Crippen LogP contribution < -0.4 is 14.8 Å². The number of amides is 1. The fourth-order valence-electron chi connectivity index (χ4n) is 3.42. The highest BCUT2D eigenvalue weighted by Crippen LogP contribution is 2.28. The molecule has 3 aromatic rings. The van der Waals surface area contributed by atoms with Crippen LogP contribution in [0, 0.1) is 6.92 Å². The summed E-state index contributed by atoms with van der Waals surface area (Å²) in [7, 11) is -3.51. The van der Waals surface area contributed by atoms with Crippen LogP contribution in [0.2, 0.25) is 0 Å². The Morgan fingerprint density at radius 2 is 1.76 bits per heavy atom. The van der Waals surface area contributed by atoms with Crippen molar-refractivity contribution in [3.8, 4) is 17.5 Å². The van der Waals surface area contributed by atoms with Gasteiger partial charge in [0.15, 0.2) is 5.13 Å². The summed E-state index contributed by atoms with van der Waals surface area (Å²) < 4.78 is 38.5. The van der Waals surface area contributed by atoms with Gasteiger partial charge >= 0.3 is 0 Å². The lowest BCUT2D eigenvalue weighted by Gasteiger charge is -2.16. The van der Waals surface area contributed by atoms with Gasteiger partial charge in [0.25, 0.3) is 5.91 Å². The minimum Gasteiger partial charge on any atom is -0.475 e. The van der Waals surface area contributed by atoms with Crippen LogP contribution in [0.25, 0.3) is 0 Å². The summed E-state index contributed by atoms with van der Waals surface area (Å²) >= 11 is 1.33. The van der Waals surface area contributed by atoms with E-state index in [0.717, 1.165) is 18.5 Å². The number of aromatic nitrogens is 2. The summed E-state index contributed by atoms with van der Waals surface area (Å²) in [6.07, 6.45) is 1.59. The number of nitrogens with zero attached hydrogens (tertiary/aromatic N) is 3. The smallest absolute Gasteiger partial charge is 0.257 e. The number of aryl methyl sites for hydroxylation is 1. The number of ether oxygens (including phenoxy) is 2. The maximum Gasteiger partial charge on any atom is 0.257 e. The van der Waals surface area contributed by atoms with E-state index in [1.165, 1.54) is 39.9 Å². The maximum atomic E-state index is 12.8. The maximum absolute atomic E-state index is 12.8. The number of benzene rings is 1. The molecule has 0 unspecified atom stereocenters. The van der Waals surface area contributed by atoms with Crippen molar-refractivity contribution in [3.63, 3.8) is 0 Å². The van der Waals surface area contributed by atoms with Crippen molar-refractivity contribution < 1.29 is 22.7 Å². The molecule has 1 amide bonds. The first-order chi connectivity index (χ1) is 16.2. The van der Waals surface area contributed by atoms with Crippen molar-refractivity contribution in [1.82, 2.24) is 14.3 Å². The molecule has 3 heterocycles. The van der Waals surface area contributed by atoms with Crippen LogP contribution >= 0.6 is 11.3 Å². The number of carbonyl (C=O) groups is 1. The quantitative estimate of drug-likeness (QED) is 0.484. The van der Waals surface area contributed by atoms with Crippen LogP contribution in [0.15, 0.2) is 46.7 Å². The van der Waals surface area contributed by atoms with E-state index in [1.807, 2.05) is 26.2 Å². The Morgan fingerprint density at radius 3 is 2.38 bits per heavy atom. The molecular formula is C23H26N4O5S2. The second-order valence-electron chi connectivity index (χ2n) is 8.13. The van der Waals surface area contributed by atoms with Crippen molar-refractivity contribution in [2.75, 3.05) is 18.4 Å². The predicted molar refractivity (Wildman–Crippen MR) is 129 cm³/mol. The zero-order valence-corrected chi connectivity index (χ0v) is 20.8. The van der Waals surface area contributed by atoms with E-state index in [9.17, 15) is 13.2 Å². The Morgan fingerprint density at radius 1 is 1.09 bits per heavy atom. The number of pyridine rings is 1. The lowest BCUT2D eigenvalue weighted by molar-refractivity contribution is 0.102. The van der Waals surface area contributed by atoms with Gasteiger partial charge in [0.2, 0.25) is 21.8 Å². The lowest BCUT2D eigenvalue weighted by atomic mass is 10.2. The van der Waals surface area contributed by atoms with Gasteiger partial charge in [-0.25, -0.2) is 13.4 Å². The summed E-state index contributed by atoms with van der Waals surface area (Å²) in [6, 6.07) is 9.19. The Hall–Kier alpha value is -3.02. The van der Waals surface area contributed by atoms with Gasteiger partial charge in [0.05, 0.1) is 22.3 Å². The molecule has 34 heavy (non-hydrogen) atoms. The number of thiazole rings is 1. The van der Waals surface area contributed by atoms with E-state index in [0.29, 0.717) is 29.5 Å². The highest BCUT2D eigenvalue weighted by Gasteiger charge is 2.27. The summed E-state index contributed by atoms with van der Waals surface area (Å²) in [5.74, 6) is 0.397. The van der Waals surface area contributed by atoms with E-state index >= 15 is 0 Å². The molecule has 0 saturated carbocycles. The van der Waals surface area contributed by atoms with Crippen LogP contribution in [-0.2, 0) is 10.0 Å². The lowest BCUT2D eigenvalue weighted by Crippen LogP contribution is -2.27. The van der Waals surface area contributed by atoms with Crippen molar-refractivity contribution in [1.29, 1.82) is 0 Å². The van der Waals surface area contributed by atoms with Gasteiger partial charge < -0.3 is 9.47 Å². The fourth-order valence-corrected chi connectivity index (χ4v) is 5.63. The molecule has 1 saturated heterocycles. The minimum atomic E-state index is -3.51. The molecule has 1 fully saturated rings. The summed E-state index contributed by atoms with van der Waals surface area (Å²) in [4.78, 5) is 21.6. The number of carbonyl (C=O) groups excluding carboxylic acids is 1. The molecule has 4 rings (SSSR count). The molecule has 0 radical (unpaired) electrons. The molecule has 11 heteroatoms. The first kappa shape index (κ1) is 24.1. The van der Waals surface area contributed by atoms with E-state index in [2.05, 4.69) is 15.3 Å². The molecule has 2 aromatic heterocycles. The van der Waals surface area contributed by atoms with Gasteiger partial charge in [-0.2, -0.15) is 9.29 Å². The number of nitrogens with one attached hydrogen (secondary N) is 1. The normalized spacial score (nSPS) is 14.4. The molecule has 9 nitrogen and oxygen atoms in total. The van der Waals surface area contributed by atoms with Gasteiger partial charge in [-0.3, -0.25) is 10.1 Å². The van der Waals surface area contributed by atoms with Crippen LogP contribution in [0.4, 0.5) is 5.13 Å². The van der Waals surface area contributed by atoms with E-state index < -0.39 is 10.0 Å². The first-order valence-electron chi connectivity index (χ1n) is 10.9. The number of hydrogen-bond acceptors (Lipinski definition) is 8. The highest BCUT2D eigenvalue weighted by molar-refractivity contribution is 7.89. The first-order valence-corrected chi connectivity index (χ1v) is 13.2. The molecule has 1 aromatic carbocycles. The largest absolute Gasteiger partial charge is 0.475 e. The second kappa shape index (κ2) is 10.1. The molecule has 0 spiro atoms. The highest BCUT2D eigenvalue weighted by atomic mass is 32.2. The SMILES string of the molecule is Cc1csc(NC(=O)c2cc(Oc3ccc(S(=O)(=O)N4CCCC4)cc3)nc(OC(C)C)c2)n1. The van der Waals surface area contributed by atoms with Crippen molar-refractivity contribution in [2.24, 2.45) is 0 Å². The molecule has 1 aliphatic rings. The van der Waals surface area contributed by atoms with Crippen LogP contribution in [0.5, 0.6) is 17.5 Å². The standard InChI is InChI=1S/C23H26N4O5S2/c1-15(2)31-20-12-17(22(28)26-23-24-16(3)14-33-23)13-21(25-20)32-18-6-8-19(9-7-18)34(29,30)27-10-4-5-11-27/h6-9,12-15H,4-5,10-11H2,1-3H3,(H,24,26,28). The van der Waals surface area contributed by atoms with E-state index in [1.54, 1.807) is 12.1 Å². The molecule has 0 aliphatic carbocycles. The third-order valence-electron chi connectivity index (χ3n) is 4.99. The third-order valence-corrected chi connectivity index (χ3v) is 7.77. The van der Waals surface area contributed by atoms with Gasteiger partial charge in [0.1, 0.15) is 5.75 Å². The molecular weight excluding hydrogens is 476 g/mol. The minimum absolute atomic E-state index is 0.147. The summed E-state index contributed by atoms with van der Waals surface area (Å²) in [5.41, 5.74) is 1.11. The van der Waals surface area contributed by atoms with Crippen LogP contribution in [0.3, 0.4) is 0 Å². The topological polar surface area (TPSA) is 111 Å². The van der Waals surface area contributed by atoms with Gasteiger partial charge in [-0.05, 0) is 57.9 Å². The Labute approximate surface area is 202 Å². The van der Waals surface area contributed by atoms with Crippen molar-refractivity contribution >= 4 is 32.4 Å². The number of rotatable bonds is 8. The zero-order valence-electron chi connectivity index (χ0n) is 19.1. The molecule has 0 atom stereocenters. The van der Waals surface area contributed by atoms with Crippen LogP contribution in [-0.4, -0.2) is 47.8 Å². The monoisotopic (exact) mass is 502 g/mol. The Bertz CT molecular complexity index is 1270.